The van der Waals surface area contributed by atoms with Gasteiger partial charge in [0, 0.05) is 0 Å². The second kappa shape index (κ2) is 16.5. The zero-order valence-electron chi connectivity index (χ0n) is 16.1. The van der Waals surface area contributed by atoms with Crippen LogP contribution in [-0.2, 0) is 48.9 Å². The molecule has 0 fully saturated rings. The summed E-state index contributed by atoms with van der Waals surface area (Å²) in [6.45, 7) is 13.2. The van der Waals surface area contributed by atoms with Crippen LogP contribution in [0.5, 0.6) is 0 Å². The summed E-state index contributed by atoms with van der Waals surface area (Å²) in [5, 5.41) is 19.6. The normalized spacial score (nSPS) is 11.9. The van der Waals surface area contributed by atoms with E-state index < -0.39 is 47.9 Å². The van der Waals surface area contributed by atoms with Gasteiger partial charge in [-0.2, -0.15) is 0 Å². The van der Waals surface area contributed by atoms with Gasteiger partial charge in [0.15, 0.2) is 0 Å². The molecule has 0 spiro atoms. The van der Waals surface area contributed by atoms with Gasteiger partial charge in [-0.05, 0) is 13.8 Å². The fourth-order valence-electron chi connectivity index (χ4n) is 0.552. The molecule has 144 valence electrons. The predicted octanol–water partition coefficient (Wildman–Crippen LogP) is -0.328. The fourth-order valence-corrected chi connectivity index (χ4v) is 1.63. The van der Waals surface area contributed by atoms with Crippen molar-refractivity contribution in [3.63, 3.8) is 0 Å². The third-order valence-electron chi connectivity index (χ3n) is 2.49. The van der Waals surface area contributed by atoms with Crippen LogP contribution in [0.4, 0.5) is 0 Å². The summed E-state index contributed by atoms with van der Waals surface area (Å²) in [7, 11) is 0. The van der Waals surface area contributed by atoms with Crippen LogP contribution in [0.3, 0.4) is 0 Å². The minimum atomic E-state index is -1.31. The van der Waals surface area contributed by atoms with E-state index in [4.69, 9.17) is 5.63 Å². The Morgan fingerprint density at radius 3 is 1.00 bits per heavy atom. The molecule has 2 atom stereocenters. The first-order chi connectivity index (χ1) is 11.2. The number of Topliss-reactive ketones (excluding diaryl/α,β-unsaturated/α-hetero) is 2. The molecule has 0 saturated heterocycles. The van der Waals surface area contributed by atoms with E-state index in [2.05, 4.69) is 0 Å². The Morgan fingerprint density at radius 2 is 0.920 bits per heavy atom. The van der Waals surface area contributed by atoms with Gasteiger partial charge in [-0.25, -0.2) is 0 Å². The van der Waals surface area contributed by atoms with E-state index in [1.54, 1.807) is 0 Å². The van der Waals surface area contributed by atoms with Gasteiger partial charge in [-0.15, -0.1) is 0 Å². The summed E-state index contributed by atoms with van der Waals surface area (Å²) in [6.07, 6.45) is 0.686. The van der Waals surface area contributed by atoms with Crippen molar-refractivity contribution in [3.05, 3.63) is 0 Å². The van der Waals surface area contributed by atoms with E-state index in [0.29, 0.717) is 12.2 Å². The molecule has 0 aliphatic heterocycles. The van der Waals surface area contributed by atoms with Crippen molar-refractivity contribution in [2.45, 2.75) is 67.6 Å². The van der Waals surface area contributed by atoms with Crippen molar-refractivity contribution in [3.8, 4) is 0 Å². The molecule has 0 aromatic carbocycles. The summed E-state index contributed by atoms with van der Waals surface area (Å²) in [5.41, 5.74) is 0. The van der Waals surface area contributed by atoms with Gasteiger partial charge >= 0.3 is 69.6 Å². The third-order valence-corrected chi connectivity index (χ3v) is 5.28. The molecule has 25 heavy (non-hydrogen) atoms. The molecule has 0 N–H and O–H groups in total. The van der Waals surface area contributed by atoms with Crippen LogP contribution in [0.2, 0.25) is 0 Å². The molecule has 0 aliphatic carbocycles. The second-order valence-electron chi connectivity index (χ2n) is 5.72. The number of hydrogen-bond acceptors (Lipinski definition) is 8. The van der Waals surface area contributed by atoms with Gasteiger partial charge in [-0.1, -0.05) is 13.8 Å². The molecule has 0 amide bonds. The monoisotopic (exact) mass is 438 g/mol. The van der Waals surface area contributed by atoms with Crippen molar-refractivity contribution in [2.75, 3.05) is 0 Å². The molecule has 9 heteroatoms. The molecule has 0 rings (SSSR count). The number of aliphatic carboxylic acids is 2. The number of carbonyl (C=O) groups is 4. The molecule has 0 bridgehead atoms. The Bertz CT molecular complexity index is 354. The maximum atomic E-state index is 10.2. The number of carbonyl (C=O) groups excluding carboxylic acids is 4. The van der Waals surface area contributed by atoms with Gasteiger partial charge in [0.05, 0.1) is 23.8 Å². The summed E-state index contributed by atoms with van der Waals surface area (Å²) in [5.74, 6) is -5.28. The topological polar surface area (TPSA) is 133 Å². The molecule has 0 radical (unpaired) electrons. The Labute approximate surface area is 162 Å². The number of hydrogen-bond donors (Lipinski definition) is 0. The van der Waals surface area contributed by atoms with Gasteiger partial charge in [0.25, 0.3) is 0 Å². The molecule has 0 saturated carbocycles. The first kappa shape index (κ1) is 28.9. The SMILES string of the molecule is CC(=O)C(C)C(=O)[O-].CC(=O)C(C)C(=O)[O-].CC(C)[O][Zr+2][O]C(C)C. The van der Waals surface area contributed by atoms with E-state index in [1.807, 2.05) is 27.7 Å². The molecule has 0 aromatic rings. The molecule has 8 nitrogen and oxygen atoms in total. The van der Waals surface area contributed by atoms with E-state index in [0.717, 1.165) is 0 Å². The fraction of sp³-hybridized carbons (Fsp3) is 0.750. The Balaban J connectivity index is -0.000000291. The number of carboxylic acid groups (broad SMARTS) is 2. The Hall–Kier alpha value is -0.917. The van der Waals surface area contributed by atoms with Crippen molar-refractivity contribution in [1.29, 1.82) is 0 Å². The first-order valence-corrected chi connectivity index (χ1v) is 9.73. The van der Waals surface area contributed by atoms with E-state index in [-0.39, 0.29) is 11.6 Å². The molecule has 0 aromatic heterocycles. The quantitative estimate of drug-likeness (QED) is 0.470. The molecular formula is C16H28O8Zr. The third kappa shape index (κ3) is 23.1. The van der Waals surface area contributed by atoms with Gasteiger partial charge < -0.3 is 19.8 Å². The van der Waals surface area contributed by atoms with Crippen LogP contribution >= 0.6 is 0 Å². The standard InChI is InChI=1S/2C5H8O3.2C3H7O.Zr/c2*1-3(4(2)6)5(7)8;2*1-3(2)4;/h2*3H,1-2H3,(H,7,8);2*3H,1-2H3;/q;;2*-1;+4/p-2. The Morgan fingerprint density at radius 1 is 0.680 bits per heavy atom. The average Bonchev–Trinajstić information content (AvgIpc) is 2.45. The minimum absolute atomic E-state index is 0.343. The summed E-state index contributed by atoms with van der Waals surface area (Å²) in [4.78, 5) is 39.9. The average molecular weight is 440 g/mol. The predicted molar refractivity (Wildman–Crippen MR) is 82.1 cm³/mol. The first-order valence-electron chi connectivity index (χ1n) is 7.72. The molecule has 0 aliphatic rings. The van der Waals surface area contributed by atoms with E-state index >= 15 is 0 Å². The molecular weight excluding hydrogens is 411 g/mol. The zero-order valence-corrected chi connectivity index (χ0v) is 18.5. The number of carboxylic acids is 2. The van der Waals surface area contributed by atoms with Gasteiger partial charge in [0.1, 0.15) is 11.6 Å². The summed E-state index contributed by atoms with van der Waals surface area (Å²) in [6, 6.07) is 0. The van der Waals surface area contributed by atoms with Crippen molar-refractivity contribution >= 4 is 23.5 Å². The van der Waals surface area contributed by atoms with Crippen LogP contribution in [0.25, 0.3) is 0 Å². The maximum absolute atomic E-state index is 10.2. The van der Waals surface area contributed by atoms with E-state index in [9.17, 15) is 29.4 Å². The zero-order chi connectivity index (χ0) is 20.7. The molecule has 0 heterocycles. The van der Waals surface area contributed by atoms with Crippen LogP contribution in [0.15, 0.2) is 0 Å². The Kier molecular flexibility index (Phi) is 19.1. The number of ketones is 2. The van der Waals surface area contributed by atoms with Crippen LogP contribution in [0, 0.1) is 11.8 Å². The van der Waals surface area contributed by atoms with Crippen LogP contribution in [0.1, 0.15) is 55.4 Å². The number of rotatable bonds is 8. The van der Waals surface area contributed by atoms with Crippen molar-refractivity contribution < 1.29 is 59.1 Å². The van der Waals surface area contributed by atoms with Gasteiger partial charge in [-0.3, -0.25) is 9.59 Å². The summed E-state index contributed by atoms with van der Waals surface area (Å²) < 4.78 is 10.6. The second-order valence-corrected chi connectivity index (χ2v) is 7.29. The van der Waals surface area contributed by atoms with E-state index in [1.165, 1.54) is 27.7 Å². The summed E-state index contributed by atoms with van der Waals surface area (Å²) >= 11 is -0.929. The van der Waals surface area contributed by atoms with Crippen molar-refractivity contribution in [1.82, 2.24) is 0 Å². The van der Waals surface area contributed by atoms with Crippen molar-refractivity contribution in [2.24, 2.45) is 11.8 Å². The van der Waals surface area contributed by atoms with Crippen LogP contribution in [-0.4, -0.2) is 35.7 Å². The molecule has 2 unspecified atom stereocenters. The van der Waals surface area contributed by atoms with Gasteiger partial charge in [0.2, 0.25) is 0 Å². The van der Waals surface area contributed by atoms with Crippen LogP contribution < -0.4 is 10.2 Å².